The summed E-state index contributed by atoms with van der Waals surface area (Å²) in [4.78, 5) is 7.72. The molecule has 0 atom stereocenters. The minimum Gasteiger partial charge on any atom is -0.381 e. The molecule has 1 heterocycles. The maximum absolute atomic E-state index is 12.5. The lowest BCUT2D eigenvalue weighted by Crippen LogP contribution is -2.38. The van der Waals surface area contributed by atoms with Gasteiger partial charge in [0.1, 0.15) is 0 Å². The van der Waals surface area contributed by atoms with Crippen LogP contribution in [0.15, 0.2) is 40.7 Å². The van der Waals surface area contributed by atoms with Crippen molar-refractivity contribution >= 4 is 17.3 Å². The minimum atomic E-state index is -4.38. The van der Waals surface area contributed by atoms with E-state index in [0.717, 1.165) is 42.5 Å². The first kappa shape index (κ1) is 23.2. The summed E-state index contributed by atoms with van der Waals surface area (Å²) in [6, 6.07) is 10.2. The number of hydrogen-bond acceptors (Lipinski definition) is 4. The van der Waals surface area contributed by atoms with Crippen molar-refractivity contribution in [2.45, 2.75) is 31.9 Å². The van der Waals surface area contributed by atoms with Crippen molar-refractivity contribution in [2.24, 2.45) is 4.99 Å². The van der Waals surface area contributed by atoms with Gasteiger partial charge in [0.2, 0.25) is 0 Å². The summed E-state index contributed by atoms with van der Waals surface area (Å²) < 4.78 is 43.3. The Kier molecular flexibility index (Phi) is 9.93. The maximum Gasteiger partial charge on any atom is 0.434 e. The number of halogens is 3. The number of guanidine groups is 1. The molecule has 0 bridgehead atoms. The predicted molar refractivity (Wildman–Crippen MR) is 110 cm³/mol. The van der Waals surface area contributed by atoms with E-state index in [-0.39, 0.29) is 0 Å². The molecule has 9 heteroatoms. The van der Waals surface area contributed by atoms with Crippen LogP contribution in [0.5, 0.6) is 0 Å². The average Bonchev–Trinajstić information content (AvgIpc) is 3.19. The molecular formula is C20H27F3N4OS. The molecule has 0 saturated carbocycles. The molecule has 0 aliphatic rings. The molecule has 0 saturated heterocycles. The van der Waals surface area contributed by atoms with Gasteiger partial charge in [-0.05, 0) is 24.8 Å². The molecule has 0 amide bonds. The van der Waals surface area contributed by atoms with Gasteiger partial charge in [0.25, 0.3) is 0 Å². The molecular weight excluding hydrogens is 401 g/mol. The Morgan fingerprint density at radius 2 is 1.83 bits per heavy atom. The van der Waals surface area contributed by atoms with Crippen molar-refractivity contribution in [2.75, 3.05) is 33.4 Å². The zero-order valence-electron chi connectivity index (χ0n) is 16.5. The molecule has 1 aromatic carbocycles. The molecule has 0 radical (unpaired) electrons. The highest BCUT2D eigenvalue weighted by molar-refractivity contribution is 7.09. The zero-order valence-corrected chi connectivity index (χ0v) is 17.3. The quantitative estimate of drug-likeness (QED) is 0.324. The fourth-order valence-corrected chi connectivity index (χ4v) is 3.34. The monoisotopic (exact) mass is 428 g/mol. The zero-order chi connectivity index (χ0) is 21.0. The van der Waals surface area contributed by atoms with Gasteiger partial charge in [-0.1, -0.05) is 30.3 Å². The third-order valence-corrected chi connectivity index (χ3v) is 4.99. The van der Waals surface area contributed by atoms with Crippen molar-refractivity contribution in [1.29, 1.82) is 0 Å². The molecule has 29 heavy (non-hydrogen) atoms. The van der Waals surface area contributed by atoms with Crippen LogP contribution in [-0.2, 0) is 23.8 Å². The van der Waals surface area contributed by atoms with E-state index in [4.69, 9.17) is 4.74 Å². The molecule has 0 unspecified atom stereocenters. The lowest BCUT2D eigenvalue weighted by atomic mass is 10.2. The molecule has 0 fully saturated rings. The fourth-order valence-electron chi connectivity index (χ4n) is 2.54. The summed E-state index contributed by atoms with van der Waals surface area (Å²) in [5, 5.41) is 7.77. The standard InChI is InChI=1S/C20H27F3N4OS/c1-24-19(26-12-9-18-27-17(15-29-18)20(21,22)23)25-11-5-6-13-28-14-10-16-7-3-2-4-8-16/h2-4,7-8,15H,5-6,9-14H2,1H3,(H2,24,25,26). The van der Waals surface area contributed by atoms with Crippen molar-refractivity contribution in [3.05, 3.63) is 52.0 Å². The van der Waals surface area contributed by atoms with E-state index in [1.165, 1.54) is 5.56 Å². The van der Waals surface area contributed by atoms with E-state index in [1.807, 2.05) is 18.2 Å². The van der Waals surface area contributed by atoms with E-state index in [2.05, 4.69) is 32.7 Å². The summed E-state index contributed by atoms with van der Waals surface area (Å²) in [5.41, 5.74) is 0.447. The molecule has 2 rings (SSSR count). The number of unbranched alkanes of at least 4 members (excludes halogenated alkanes) is 1. The van der Waals surface area contributed by atoms with Gasteiger partial charge in [-0.3, -0.25) is 4.99 Å². The lowest BCUT2D eigenvalue weighted by Gasteiger charge is -2.11. The Labute approximate surface area is 173 Å². The highest BCUT2D eigenvalue weighted by Gasteiger charge is 2.33. The number of ether oxygens (including phenoxy) is 1. The third-order valence-electron chi connectivity index (χ3n) is 4.08. The van der Waals surface area contributed by atoms with Crippen molar-refractivity contribution < 1.29 is 17.9 Å². The first-order valence-corrected chi connectivity index (χ1v) is 10.4. The van der Waals surface area contributed by atoms with Gasteiger partial charge in [0, 0.05) is 38.5 Å². The van der Waals surface area contributed by atoms with Crippen LogP contribution >= 0.6 is 11.3 Å². The van der Waals surface area contributed by atoms with Gasteiger partial charge in [0.05, 0.1) is 11.6 Å². The predicted octanol–water partition coefficient (Wildman–Crippen LogP) is 3.91. The Morgan fingerprint density at radius 3 is 2.52 bits per heavy atom. The summed E-state index contributed by atoms with van der Waals surface area (Å²) >= 11 is 1.02. The van der Waals surface area contributed by atoms with Crippen LogP contribution in [0.3, 0.4) is 0 Å². The molecule has 160 valence electrons. The Hall–Kier alpha value is -2.13. The number of aromatic nitrogens is 1. The second-order valence-electron chi connectivity index (χ2n) is 6.36. The number of aliphatic imine (C=N–C) groups is 1. The van der Waals surface area contributed by atoms with Crippen LogP contribution in [0.2, 0.25) is 0 Å². The molecule has 0 aliphatic heterocycles. The Morgan fingerprint density at radius 1 is 1.07 bits per heavy atom. The van der Waals surface area contributed by atoms with E-state index in [9.17, 15) is 13.2 Å². The summed E-state index contributed by atoms with van der Waals surface area (Å²) in [6.07, 6.45) is -1.17. The highest BCUT2D eigenvalue weighted by atomic mass is 32.1. The van der Waals surface area contributed by atoms with Gasteiger partial charge < -0.3 is 15.4 Å². The maximum atomic E-state index is 12.5. The molecule has 1 aromatic heterocycles. The molecule has 2 N–H and O–H groups in total. The molecule has 2 aromatic rings. The number of benzene rings is 1. The summed E-state index contributed by atoms with van der Waals surface area (Å²) in [5.74, 6) is 0.627. The van der Waals surface area contributed by atoms with Crippen LogP contribution in [0.25, 0.3) is 0 Å². The summed E-state index contributed by atoms with van der Waals surface area (Å²) in [7, 11) is 1.66. The lowest BCUT2D eigenvalue weighted by molar-refractivity contribution is -0.140. The van der Waals surface area contributed by atoms with Crippen molar-refractivity contribution in [1.82, 2.24) is 15.6 Å². The number of nitrogens with zero attached hydrogens (tertiary/aromatic N) is 2. The number of nitrogens with one attached hydrogen (secondary N) is 2. The van der Waals surface area contributed by atoms with Crippen molar-refractivity contribution in [3.8, 4) is 0 Å². The van der Waals surface area contributed by atoms with Crippen LogP contribution < -0.4 is 10.6 Å². The highest BCUT2D eigenvalue weighted by Crippen LogP contribution is 2.29. The average molecular weight is 429 g/mol. The van der Waals surface area contributed by atoms with E-state index >= 15 is 0 Å². The SMILES string of the molecule is CN=C(NCCCCOCCc1ccccc1)NCCc1nc(C(F)(F)F)cs1. The van der Waals surface area contributed by atoms with Gasteiger partial charge in [-0.2, -0.15) is 13.2 Å². The number of alkyl halides is 3. The largest absolute Gasteiger partial charge is 0.434 e. The van der Waals surface area contributed by atoms with Crippen molar-refractivity contribution in [3.63, 3.8) is 0 Å². The topological polar surface area (TPSA) is 58.5 Å². The minimum absolute atomic E-state index is 0.413. The van der Waals surface area contributed by atoms with Crippen LogP contribution in [0.1, 0.15) is 29.1 Å². The Bertz CT molecular complexity index is 735. The number of rotatable bonds is 11. The van der Waals surface area contributed by atoms with Gasteiger partial charge >= 0.3 is 6.18 Å². The third kappa shape index (κ3) is 9.27. The number of hydrogen-bond donors (Lipinski definition) is 2. The Balaban J connectivity index is 1.50. The van der Waals surface area contributed by atoms with E-state index in [0.29, 0.717) is 37.1 Å². The van der Waals surface area contributed by atoms with E-state index in [1.54, 1.807) is 7.05 Å². The van der Waals surface area contributed by atoms with Crippen LogP contribution in [0, 0.1) is 0 Å². The van der Waals surface area contributed by atoms with Gasteiger partial charge in [-0.25, -0.2) is 4.98 Å². The van der Waals surface area contributed by atoms with Crippen LogP contribution in [0.4, 0.5) is 13.2 Å². The van der Waals surface area contributed by atoms with E-state index < -0.39 is 11.9 Å². The molecule has 0 spiro atoms. The normalized spacial score (nSPS) is 12.2. The first-order valence-electron chi connectivity index (χ1n) is 9.57. The second-order valence-corrected chi connectivity index (χ2v) is 7.30. The fraction of sp³-hybridized carbons (Fsp3) is 0.500. The first-order chi connectivity index (χ1) is 14.0. The molecule has 0 aliphatic carbocycles. The van der Waals surface area contributed by atoms with Gasteiger partial charge in [0.15, 0.2) is 11.7 Å². The summed E-state index contributed by atoms with van der Waals surface area (Å²) in [6.45, 7) is 2.64. The van der Waals surface area contributed by atoms with Crippen LogP contribution in [-0.4, -0.2) is 44.3 Å². The number of thiazole rings is 1. The second kappa shape index (κ2) is 12.4. The van der Waals surface area contributed by atoms with Gasteiger partial charge in [-0.15, -0.1) is 11.3 Å². The molecule has 5 nitrogen and oxygen atoms in total. The smallest absolute Gasteiger partial charge is 0.381 e.